The Bertz CT molecular complexity index is 1160. The van der Waals surface area contributed by atoms with Crippen LogP contribution in [-0.4, -0.2) is 26.6 Å². The number of hydrogen-bond donors (Lipinski definition) is 1. The van der Waals surface area contributed by atoms with Gasteiger partial charge in [-0.2, -0.15) is 0 Å². The highest BCUT2D eigenvalue weighted by atomic mass is 32.2. The van der Waals surface area contributed by atoms with Crippen molar-refractivity contribution < 1.29 is 13.2 Å². The average molecular weight is 451 g/mol. The minimum atomic E-state index is -3.69. The van der Waals surface area contributed by atoms with Crippen LogP contribution in [0.3, 0.4) is 0 Å². The zero-order valence-corrected chi connectivity index (χ0v) is 19.8. The second kappa shape index (κ2) is 10.0. The zero-order chi connectivity index (χ0) is 23.3. The van der Waals surface area contributed by atoms with Crippen LogP contribution in [0.5, 0.6) is 0 Å². The Balaban J connectivity index is 2.01. The van der Waals surface area contributed by atoms with E-state index in [4.69, 9.17) is 0 Å². The van der Waals surface area contributed by atoms with Crippen molar-refractivity contribution in [2.75, 3.05) is 10.6 Å². The molecule has 6 heteroatoms. The minimum absolute atomic E-state index is 0.335. The number of nitrogens with one attached hydrogen (secondary N) is 1. The maximum atomic E-state index is 13.6. The number of carbonyl (C=O) groups is 1. The number of anilines is 1. The lowest BCUT2D eigenvalue weighted by molar-refractivity contribution is -0.122. The molecule has 1 amide bonds. The van der Waals surface area contributed by atoms with Crippen LogP contribution >= 0.6 is 0 Å². The lowest BCUT2D eigenvalue weighted by atomic mass is 9.94. The molecule has 3 aromatic rings. The molecule has 5 nitrogen and oxygen atoms in total. The van der Waals surface area contributed by atoms with Gasteiger partial charge in [0.25, 0.3) is 0 Å². The van der Waals surface area contributed by atoms with Crippen LogP contribution in [0.15, 0.2) is 78.9 Å². The lowest BCUT2D eigenvalue weighted by Gasteiger charge is -2.32. The van der Waals surface area contributed by atoms with E-state index in [1.165, 1.54) is 4.31 Å². The first-order chi connectivity index (χ1) is 15.2. The predicted octanol–water partition coefficient (Wildman–Crippen LogP) is 4.75. The summed E-state index contributed by atoms with van der Waals surface area (Å²) >= 11 is 0. The smallest absolute Gasteiger partial charge is 0.244 e. The zero-order valence-electron chi connectivity index (χ0n) is 18.9. The first-order valence-corrected chi connectivity index (χ1v) is 12.5. The molecule has 0 aliphatic heterocycles. The number of carbonyl (C=O) groups excluding carboxylic acids is 1. The molecule has 0 aromatic heterocycles. The number of nitrogens with zero attached hydrogens (tertiary/aromatic N) is 1. The largest absolute Gasteiger partial charge is 0.343 e. The number of sulfonamides is 1. The summed E-state index contributed by atoms with van der Waals surface area (Å²) in [6, 6.07) is 23.5. The molecule has 2 unspecified atom stereocenters. The molecule has 0 heterocycles. The summed E-state index contributed by atoms with van der Waals surface area (Å²) < 4.78 is 26.7. The summed E-state index contributed by atoms with van der Waals surface area (Å²) in [5, 5.41) is 3.13. The number of aryl methyl sites for hydroxylation is 2. The summed E-state index contributed by atoms with van der Waals surface area (Å²) in [6.45, 7) is 5.76. The van der Waals surface area contributed by atoms with Gasteiger partial charge in [-0.05, 0) is 49.1 Å². The summed E-state index contributed by atoms with van der Waals surface area (Å²) in [4.78, 5) is 13.6. The molecule has 2 atom stereocenters. The Morgan fingerprint density at radius 2 is 1.50 bits per heavy atom. The Morgan fingerprint density at radius 3 is 2.06 bits per heavy atom. The second-order valence-electron chi connectivity index (χ2n) is 8.03. The Labute approximate surface area is 191 Å². The van der Waals surface area contributed by atoms with E-state index < -0.39 is 22.1 Å². The molecule has 0 aliphatic carbocycles. The van der Waals surface area contributed by atoms with E-state index in [1.54, 1.807) is 12.1 Å². The third-order valence-corrected chi connectivity index (χ3v) is 6.72. The molecule has 0 aliphatic rings. The second-order valence-corrected chi connectivity index (χ2v) is 9.89. The number of amides is 1. The summed E-state index contributed by atoms with van der Waals surface area (Å²) in [7, 11) is -3.69. The van der Waals surface area contributed by atoms with Crippen LogP contribution in [0.1, 0.15) is 41.6 Å². The third kappa shape index (κ3) is 5.37. The van der Waals surface area contributed by atoms with Crippen molar-refractivity contribution >= 4 is 21.6 Å². The molecular weight excluding hydrogens is 420 g/mol. The van der Waals surface area contributed by atoms with Gasteiger partial charge in [0, 0.05) is 0 Å². The van der Waals surface area contributed by atoms with Crippen molar-refractivity contribution in [3.05, 3.63) is 101 Å². The molecule has 0 radical (unpaired) electrons. The number of hydrogen-bond acceptors (Lipinski definition) is 3. The fourth-order valence-electron chi connectivity index (χ4n) is 3.89. The molecule has 3 rings (SSSR count). The van der Waals surface area contributed by atoms with Gasteiger partial charge in [-0.3, -0.25) is 9.10 Å². The van der Waals surface area contributed by atoms with Crippen LogP contribution in [-0.2, 0) is 14.8 Å². The van der Waals surface area contributed by atoms with Gasteiger partial charge in [0.2, 0.25) is 15.9 Å². The van der Waals surface area contributed by atoms with Crippen molar-refractivity contribution in [3.8, 4) is 0 Å². The van der Waals surface area contributed by atoms with E-state index >= 15 is 0 Å². The van der Waals surface area contributed by atoms with Crippen molar-refractivity contribution in [2.24, 2.45) is 0 Å². The number of benzene rings is 3. The molecular formula is C26H30N2O3S. The van der Waals surface area contributed by atoms with Crippen LogP contribution < -0.4 is 9.62 Å². The highest BCUT2D eigenvalue weighted by Gasteiger charge is 2.33. The predicted molar refractivity (Wildman–Crippen MR) is 130 cm³/mol. The van der Waals surface area contributed by atoms with Gasteiger partial charge in [-0.25, -0.2) is 8.42 Å². The number of rotatable bonds is 8. The van der Waals surface area contributed by atoms with Crippen LogP contribution in [0.25, 0.3) is 0 Å². The molecule has 3 aromatic carbocycles. The summed E-state index contributed by atoms with van der Waals surface area (Å²) in [5.74, 6) is -0.337. The molecule has 1 N–H and O–H groups in total. The minimum Gasteiger partial charge on any atom is -0.343 e. The van der Waals surface area contributed by atoms with Gasteiger partial charge >= 0.3 is 0 Å². The van der Waals surface area contributed by atoms with Gasteiger partial charge in [-0.15, -0.1) is 0 Å². The molecule has 168 valence electrons. The first-order valence-electron chi connectivity index (χ1n) is 10.7. The maximum absolute atomic E-state index is 13.6. The van der Waals surface area contributed by atoms with Gasteiger partial charge in [0.05, 0.1) is 18.0 Å². The molecule has 0 saturated carbocycles. The van der Waals surface area contributed by atoms with Gasteiger partial charge < -0.3 is 5.32 Å². The maximum Gasteiger partial charge on any atom is 0.244 e. The van der Waals surface area contributed by atoms with Crippen molar-refractivity contribution in [1.29, 1.82) is 0 Å². The summed E-state index contributed by atoms with van der Waals surface area (Å²) in [5.41, 5.74) is 4.46. The highest BCUT2D eigenvalue weighted by molar-refractivity contribution is 7.92. The van der Waals surface area contributed by atoms with Gasteiger partial charge in [0.15, 0.2) is 0 Å². The van der Waals surface area contributed by atoms with Gasteiger partial charge in [-0.1, -0.05) is 79.2 Å². The third-order valence-electron chi connectivity index (χ3n) is 5.54. The van der Waals surface area contributed by atoms with Gasteiger partial charge in [0.1, 0.15) is 6.04 Å². The van der Waals surface area contributed by atoms with Crippen molar-refractivity contribution in [2.45, 2.75) is 39.3 Å². The molecule has 0 fully saturated rings. The van der Waals surface area contributed by atoms with Crippen LogP contribution in [0.4, 0.5) is 5.69 Å². The van der Waals surface area contributed by atoms with E-state index in [2.05, 4.69) is 5.32 Å². The highest BCUT2D eigenvalue weighted by Crippen LogP contribution is 2.27. The summed E-state index contributed by atoms with van der Waals surface area (Å²) in [6.07, 6.45) is 1.47. The van der Waals surface area contributed by atoms with E-state index in [1.807, 2.05) is 87.5 Å². The molecule has 0 bridgehead atoms. The Hall–Kier alpha value is -3.12. The standard InChI is InChI=1S/C26H30N2O3S/c1-5-24(28(32(4,30)31)22-17-15-19(2)16-18-22)26(29)27-25(21-12-7-6-8-13-21)23-14-10-9-11-20(23)3/h6-18,24-25H,5H2,1-4H3,(H,27,29). The van der Waals surface area contributed by atoms with Crippen LogP contribution in [0, 0.1) is 13.8 Å². The van der Waals surface area contributed by atoms with E-state index in [9.17, 15) is 13.2 Å². The van der Waals surface area contributed by atoms with Crippen molar-refractivity contribution in [1.82, 2.24) is 5.32 Å². The Kier molecular flexibility index (Phi) is 7.36. The molecule has 0 saturated heterocycles. The average Bonchev–Trinajstić information content (AvgIpc) is 2.77. The first kappa shape index (κ1) is 23.5. The Morgan fingerprint density at radius 1 is 0.906 bits per heavy atom. The van der Waals surface area contributed by atoms with E-state index in [0.717, 1.165) is 28.5 Å². The molecule has 32 heavy (non-hydrogen) atoms. The monoisotopic (exact) mass is 450 g/mol. The van der Waals surface area contributed by atoms with E-state index in [0.29, 0.717) is 12.1 Å². The topological polar surface area (TPSA) is 66.5 Å². The fourth-order valence-corrected chi connectivity index (χ4v) is 5.10. The van der Waals surface area contributed by atoms with Crippen LogP contribution in [0.2, 0.25) is 0 Å². The van der Waals surface area contributed by atoms with Crippen molar-refractivity contribution in [3.63, 3.8) is 0 Å². The quantitative estimate of drug-likeness (QED) is 0.538. The molecule has 0 spiro atoms. The lowest BCUT2D eigenvalue weighted by Crippen LogP contribution is -2.50. The van der Waals surface area contributed by atoms with E-state index in [-0.39, 0.29) is 5.91 Å². The normalized spacial score (nSPS) is 13.2. The SMILES string of the molecule is CCC(C(=O)NC(c1ccccc1)c1ccccc1C)N(c1ccc(C)cc1)S(C)(=O)=O. The fraction of sp³-hybridized carbons (Fsp3) is 0.269.